The van der Waals surface area contributed by atoms with E-state index in [9.17, 15) is 0 Å². The van der Waals surface area contributed by atoms with Gasteiger partial charge in [0.15, 0.2) is 5.96 Å². The number of aliphatic imine (C=N–C) groups is 1. The highest BCUT2D eigenvalue weighted by atomic mass is 127. The number of fused-ring (bicyclic) bond motifs is 1. The van der Waals surface area contributed by atoms with Gasteiger partial charge in [-0.15, -0.1) is 24.0 Å². The lowest BCUT2D eigenvalue weighted by atomic mass is 10.1. The van der Waals surface area contributed by atoms with Crippen LogP contribution in [0.5, 0.6) is 0 Å². The van der Waals surface area contributed by atoms with Gasteiger partial charge in [-0.25, -0.2) is 4.99 Å². The first kappa shape index (κ1) is 19.1. The molecule has 2 N–H and O–H groups in total. The third-order valence-corrected chi connectivity index (χ3v) is 4.19. The molecule has 1 aliphatic rings. The van der Waals surface area contributed by atoms with Gasteiger partial charge >= 0.3 is 0 Å². The summed E-state index contributed by atoms with van der Waals surface area (Å²) in [6, 6.07) is 8.11. The number of guanidine groups is 1. The molecule has 0 bridgehead atoms. The summed E-state index contributed by atoms with van der Waals surface area (Å²) in [5, 5.41) is 7.79. The van der Waals surface area contributed by atoms with Gasteiger partial charge in [-0.1, -0.05) is 18.2 Å². The molecule has 0 aliphatic carbocycles. The van der Waals surface area contributed by atoms with Crippen molar-refractivity contribution in [2.45, 2.75) is 39.3 Å². The summed E-state index contributed by atoms with van der Waals surface area (Å²) in [6.45, 7) is 7.18. The van der Waals surface area contributed by atoms with Gasteiger partial charge in [0.25, 0.3) is 0 Å². The standard InChI is InChI=1S/C18H25N3O2.HI/c1-3-19-18(20-11-14-7-6-10-22-14)21-12-17-13(2)15-8-4-5-9-16(15)23-17;/h4-5,8-9,14H,3,6-7,10-12H2,1-2H3,(H2,19,20,21);1H. The van der Waals surface area contributed by atoms with Crippen LogP contribution in [0.25, 0.3) is 11.0 Å². The molecule has 1 fully saturated rings. The van der Waals surface area contributed by atoms with Crippen LogP contribution in [0.3, 0.4) is 0 Å². The van der Waals surface area contributed by atoms with Crippen molar-refractivity contribution in [3.63, 3.8) is 0 Å². The lowest BCUT2D eigenvalue weighted by Gasteiger charge is -2.14. The van der Waals surface area contributed by atoms with Crippen LogP contribution in [0.15, 0.2) is 33.7 Å². The summed E-state index contributed by atoms with van der Waals surface area (Å²) in [6.07, 6.45) is 2.57. The predicted molar refractivity (Wildman–Crippen MR) is 108 cm³/mol. The number of hydrogen-bond acceptors (Lipinski definition) is 3. The minimum atomic E-state index is 0. The Bertz CT molecular complexity index is 678. The van der Waals surface area contributed by atoms with E-state index in [1.54, 1.807) is 0 Å². The molecule has 2 heterocycles. The zero-order chi connectivity index (χ0) is 16.1. The molecule has 1 aliphatic heterocycles. The quantitative estimate of drug-likeness (QED) is 0.421. The second kappa shape index (κ2) is 9.27. The van der Waals surface area contributed by atoms with E-state index in [4.69, 9.17) is 9.15 Å². The molecule has 1 aromatic carbocycles. The van der Waals surface area contributed by atoms with Crippen LogP contribution in [-0.4, -0.2) is 31.8 Å². The van der Waals surface area contributed by atoms with Crippen molar-refractivity contribution < 1.29 is 9.15 Å². The Morgan fingerprint density at radius 3 is 2.83 bits per heavy atom. The van der Waals surface area contributed by atoms with Crippen LogP contribution in [-0.2, 0) is 11.3 Å². The van der Waals surface area contributed by atoms with E-state index in [1.807, 2.05) is 18.2 Å². The SMILES string of the molecule is CCNC(=NCc1oc2ccccc2c1C)NCC1CCCO1.I. The van der Waals surface area contributed by atoms with E-state index >= 15 is 0 Å². The number of para-hydroxylation sites is 1. The van der Waals surface area contributed by atoms with E-state index < -0.39 is 0 Å². The van der Waals surface area contributed by atoms with Crippen LogP contribution in [0, 0.1) is 6.92 Å². The average molecular weight is 443 g/mol. The second-order valence-corrected chi connectivity index (χ2v) is 5.86. The number of hydrogen-bond donors (Lipinski definition) is 2. The molecule has 1 aromatic heterocycles. The Morgan fingerprint density at radius 1 is 1.29 bits per heavy atom. The van der Waals surface area contributed by atoms with Crippen molar-refractivity contribution in [3.8, 4) is 0 Å². The number of halogens is 1. The largest absolute Gasteiger partial charge is 0.459 e. The van der Waals surface area contributed by atoms with Crippen molar-refractivity contribution in [1.82, 2.24) is 10.6 Å². The second-order valence-electron chi connectivity index (χ2n) is 5.86. The van der Waals surface area contributed by atoms with Gasteiger partial charge in [0.2, 0.25) is 0 Å². The van der Waals surface area contributed by atoms with Crippen LogP contribution < -0.4 is 10.6 Å². The molecular formula is C18H26IN3O2. The van der Waals surface area contributed by atoms with Gasteiger partial charge < -0.3 is 19.8 Å². The molecule has 0 amide bonds. The first-order valence-electron chi connectivity index (χ1n) is 8.38. The van der Waals surface area contributed by atoms with E-state index in [0.717, 1.165) is 55.2 Å². The monoisotopic (exact) mass is 443 g/mol. The average Bonchev–Trinajstić information content (AvgIpc) is 3.19. The van der Waals surface area contributed by atoms with E-state index in [-0.39, 0.29) is 24.0 Å². The summed E-state index contributed by atoms with van der Waals surface area (Å²) in [7, 11) is 0. The molecule has 132 valence electrons. The highest BCUT2D eigenvalue weighted by Gasteiger charge is 2.15. The summed E-state index contributed by atoms with van der Waals surface area (Å²) < 4.78 is 11.6. The highest BCUT2D eigenvalue weighted by Crippen LogP contribution is 2.25. The van der Waals surface area contributed by atoms with Gasteiger partial charge in [-0.05, 0) is 32.8 Å². The highest BCUT2D eigenvalue weighted by molar-refractivity contribution is 14.0. The molecule has 3 rings (SSSR count). The molecule has 24 heavy (non-hydrogen) atoms. The topological polar surface area (TPSA) is 58.8 Å². The van der Waals surface area contributed by atoms with Gasteiger partial charge in [0, 0.05) is 30.6 Å². The molecule has 0 saturated carbocycles. The predicted octanol–water partition coefficient (Wildman–Crippen LogP) is 3.59. The number of ether oxygens (including phenoxy) is 1. The molecule has 2 aromatic rings. The minimum absolute atomic E-state index is 0. The lowest BCUT2D eigenvalue weighted by molar-refractivity contribution is 0.114. The van der Waals surface area contributed by atoms with Gasteiger partial charge in [-0.3, -0.25) is 0 Å². The maximum Gasteiger partial charge on any atom is 0.191 e. The smallest absolute Gasteiger partial charge is 0.191 e. The first-order valence-corrected chi connectivity index (χ1v) is 8.38. The Hall–Kier alpha value is -1.28. The number of rotatable bonds is 5. The molecule has 1 saturated heterocycles. The van der Waals surface area contributed by atoms with Crippen LogP contribution in [0.4, 0.5) is 0 Å². The Labute approximate surface area is 160 Å². The van der Waals surface area contributed by atoms with Crippen molar-refractivity contribution in [2.75, 3.05) is 19.7 Å². The van der Waals surface area contributed by atoms with Crippen molar-refractivity contribution in [3.05, 3.63) is 35.6 Å². The van der Waals surface area contributed by atoms with Crippen LogP contribution in [0.2, 0.25) is 0 Å². The molecule has 0 spiro atoms. The lowest BCUT2D eigenvalue weighted by Crippen LogP contribution is -2.41. The van der Waals surface area contributed by atoms with Crippen molar-refractivity contribution in [1.29, 1.82) is 0 Å². The number of furan rings is 1. The summed E-state index contributed by atoms with van der Waals surface area (Å²) in [4.78, 5) is 4.65. The summed E-state index contributed by atoms with van der Waals surface area (Å²) in [5.41, 5.74) is 2.09. The Morgan fingerprint density at radius 2 is 2.12 bits per heavy atom. The van der Waals surface area contributed by atoms with E-state index in [1.165, 1.54) is 5.56 Å². The molecular weight excluding hydrogens is 417 g/mol. The first-order chi connectivity index (χ1) is 11.3. The maximum atomic E-state index is 5.92. The molecule has 6 heteroatoms. The number of nitrogens with zero attached hydrogens (tertiary/aromatic N) is 1. The summed E-state index contributed by atoms with van der Waals surface area (Å²) >= 11 is 0. The normalized spacial score (nSPS) is 17.8. The van der Waals surface area contributed by atoms with Crippen molar-refractivity contribution >= 4 is 40.9 Å². The Kier molecular flexibility index (Phi) is 7.36. The Balaban J connectivity index is 0.00000208. The molecule has 0 radical (unpaired) electrons. The maximum absolute atomic E-state index is 5.92. The van der Waals surface area contributed by atoms with Crippen LogP contribution in [0.1, 0.15) is 31.1 Å². The fourth-order valence-corrected chi connectivity index (χ4v) is 2.88. The van der Waals surface area contributed by atoms with Crippen molar-refractivity contribution in [2.24, 2.45) is 4.99 Å². The zero-order valence-electron chi connectivity index (χ0n) is 14.3. The van der Waals surface area contributed by atoms with Crippen LogP contribution >= 0.6 is 24.0 Å². The number of aryl methyl sites for hydroxylation is 1. The van der Waals surface area contributed by atoms with Gasteiger partial charge in [-0.2, -0.15) is 0 Å². The minimum Gasteiger partial charge on any atom is -0.459 e. The third-order valence-electron chi connectivity index (χ3n) is 4.19. The van der Waals surface area contributed by atoms with E-state index in [0.29, 0.717) is 12.6 Å². The molecule has 1 atom stereocenters. The molecule has 5 nitrogen and oxygen atoms in total. The van der Waals surface area contributed by atoms with Gasteiger partial charge in [0.05, 0.1) is 6.10 Å². The number of nitrogens with one attached hydrogen (secondary N) is 2. The fraction of sp³-hybridized carbons (Fsp3) is 0.500. The zero-order valence-corrected chi connectivity index (χ0v) is 16.6. The van der Waals surface area contributed by atoms with Gasteiger partial charge in [0.1, 0.15) is 17.9 Å². The van der Waals surface area contributed by atoms with E-state index in [2.05, 4.69) is 35.5 Å². The summed E-state index contributed by atoms with van der Waals surface area (Å²) in [5.74, 6) is 1.73. The number of benzene rings is 1. The fourth-order valence-electron chi connectivity index (χ4n) is 2.88. The molecule has 1 unspecified atom stereocenters. The third kappa shape index (κ3) is 4.63.